The summed E-state index contributed by atoms with van der Waals surface area (Å²) in [7, 11) is 1.55. The van der Waals surface area contributed by atoms with E-state index in [4.69, 9.17) is 4.74 Å². The highest BCUT2D eigenvalue weighted by molar-refractivity contribution is 5.34. The van der Waals surface area contributed by atoms with Crippen molar-refractivity contribution in [2.75, 3.05) is 20.2 Å². The minimum absolute atomic E-state index is 0.108. The minimum Gasteiger partial charge on any atom is -0.496 e. The first-order valence-electron chi connectivity index (χ1n) is 6.21. The number of hydrogen-bond acceptors (Lipinski definition) is 3. The van der Waals surface area contributed by atoms with Crippen molar-refractivity contribution < 1.29 is 9.13 Å². The van der Waals surface area contributed by atoms with Crippen molar-refractivity contribution in [1.29, 1.82) is 0 Å². The van der Waals surface area contributed by atoms with Gasteiger partial charge in [0.25, 0.3) is 0 Å². The molecular weight excluding hydrogens is 231 g/mol. The molecular formula is C14H23FN2O. The van der Waals surface area contributed by atoms with E-state index in [0.717, 1.165) is 13.1 Å². The van der Waals surface area contributed by atoms with Crippen LogP contribution in [0.4, 0.5) is 4.39 Å². The summed E-state index contributed by atoms with van der Waals surface area (Å²) >= 11 is 0. The van der Waals surface area contributed by atoms with Gasteiger partial charge in [-0.2, -0.15) is 0 Å². The number of nitrogens with one attached hydrogen (secondary N) is 2. The smallest absolute Gasteiger partial charge is 0.131 e. The van der Waals surface area contributed by atoms with Crippen LogP contribution in [0.1, 0.15) is 26.3 Å². The Balaban J connectivity index is 2.40. The highest BCUT2D eigenvalue weighted by Gasteiger charge is 2.09. The largest absolute Gasteiger partial charge is 0.496 e. The summed E-state index contributed by atoms with van der Waals surface area (Å²) in [5.41, 5.74) is 0.688. The molecule has 0 aliphatic carbocycles. The van der Waals surface area contributed by atoms with Crippen LogP contribution in [0.3, 0.4) is 0 Å². The zero-order chi connectivity index (χ0) is 13.6. The molecule has 0 spiro atoms. The van der Waals surface area contributed by atoms with Crippen LogP contribution in [0.5, 0.6) is 5.75 Å². The van der Waals surface area contributed by atoms with E-state index in [0.29, 0.717) is 17.9 Å². The summed E-state index contributed by atoms with van der Waals surface area (Å²) in [6.07, 6.45) is 0. The number of halogens is 1. The van der Waals surface area contributed by atoms with Gasteiger partial charge in [-0.1, -0.05) is 6.07 Å². The maximum Gasteiger partial charge on any atom is 0.131 e. The topological polar surface area (TPSA) is 33.3 Å². The average Bonchev–Trinajstić information content (AvgIpc) is 2.29. The molecule has 0 aromatic heterocycles. The minimum atomic E-state index is -0.231. The fraction of sp³-hybridized carbons (Fsp3) is 0.571. The normalized spacial score (nSPS) is 11.6. The fourth-order valence-electron chi connectivity index (χ4n) is 1.64. The molecule has 0 aliphatic heterocycles. The molecule has 1 aromatic carbocycles. The number of benzene rings is 1. The Bertz CT molecular complexity index is 375. The molecule has 0 saturated heterocycles. The second-order valence-corrected chi connectivity index (χ2v) is 5.27. The summed E-state index contributed by atoms with van der Waals surface area (Å²) in [5, 5.41) is 6.57. The SMILES string of the molecule is COc1cccc(F)c1CNCCNC(C)(C)C. The average molecular weight is 254 g/mol. The highest BCUT2D eigenvalue weighted by atomic mass is 19.1. The Hall–Kier alpha value is -1.13. The van der Waals surface area contributed by atoms with Gasteiger partial charge in [-0.15, -0.1) is 0 Å². The van der Waals surface area contributed by atoms with Gasteiger partial charge in [-0.05, 0) is 32.9 Å². The standard InChI is InChI=1S/C14H23FN2O/c1-14(2,3)17-9-8-16-10-11-12(15)6-5-7-13(11)18-4/h5-7,16-17H,8-10H2,1-4H3. The predicted molar refractivity (Wildman–Crippen MR) is 72.4 cm³/mol. The molecule has 0 amide bonds. The van der Waals surface area contributed by atoms with Gasteiger partial charge >= 0.3 is 0 Å². The number of ether oxygens (including phenoxy) is 1. The van der Waals surface area contributed by atoms with E-state index >= 15 is 0 Å². The van der Waals surface area contributed by atoms with Crippen LogP contribution in [0, 0.1) is 5.82 Å². The lowest BCUT2D eigenvalue weighted by Gasteiger charge is -2.20. The Morgan fingerprint density at radius 1 is 1.22 bits per heavy atom. The third-order valence-corrected chi connectivity index (χ3v) is 2.55. The Morgan fingerprint density at radius 2 is 1.94 bits per heavy atom. The van der Waals surface area contributed by atoms with E-state index in [1.165, 1.54) is 6.07 Å². The third kappa shape index (κ3) is 5.02. The molecule has 0 fully saturated rings. The van der Waals surface area contributed by atoms with Crippen molar-refractivity contribution in [2.24, 2.45) is 0 Å². The molecule has 1 aromatic rings. The predicted octanol–water partition coefficient (Wildman–Crippen LogP) is 2.31. The molecule has 3 nitrogen and oxygen atoms in total. The first-order valence-corrected chi connectivity index (χ1v) is 6.21. The summed E-state index contributed by atoms with van der Waals surface area (Å²) < 4.78 is 18.7. The molecule has 0 atom stereocenters. The van der Waals surface area contributed by atoms with Crippen LogP contribution in [0.25, 0.3) is 0 Å². The lowest BCUT2D eigenvalue weighted by molar-refractivity contribution is 0.398. The van der Waals surface area contributed by atoms with E-state index in [2.05, 4.69) is 31.4 Å². The van der Waals surface area contributed by atoms with E-state index < -0.39 is 0 Å². The molecule has 2 N–H and O–H groups in total. The van der Waals surface area contributed by atoms with Crippen molar-refractivity contribution in [2.45, 2.75) is 32.9 Å². The molecule has 102 valence electrons. The van der Waals surface area contributed by atoms with Gasteiger partial charge in [0, 0.05) is 30.7 Å². The van der Waals surface area contributed by atoms with Gasteiger partial charge in [0.2, 0.25) is 0 Å². The number of methoxy groups -OCH3 is 1. The van der Waals surface area contributed by atoms with Gasteiger partial charge in [-0.3, -0.25) is 0 Å². The summed E-state index contributed by atoms with van der Waals surface area (Å²) in [6, 6.07) is 4.87. The summed E-state index contributed by atoms with van der Waals surface area (Å²) in [4.78, 5) is 0. The molecule has 0 bridgehead atoms. The summed E-state index contributed by atoms with van der Waals surface area (Å²) in [6.45, 7) is 8.46. The maximum absolute atomic E-state index is 13.6. The zero-order valence-corrected chi connectivity index (χ0v) is 11.6. The van der Waals surface area contributed by atoms with Crippen molar-refractivity contribution in [1.82, 2.24) is 10.6 Å². The van der Waals surface area contributed by atoms with E-state index in [1.807, 2.05) is 0 Å². The van der Waals surface area contributed by atoms with Crippen molar-refractivity contribution in [3.63, 3.8) is 0 Å². The van der Waals surface area contributed by atoms with Gasteiger partial charge in [0.15, 0.2) is 0 Å². The van der Waals surface area contributed by atoms with Gasteiger partial charge < -0.3 is 15.4 Å². The Kier molecular flexibility index (Phi) is 5.56. The molecule has 18 heavy (non-hydrogen) atoms. The Morgan fingerprint density at radius 3 is 2.56 bits per heavy atom. The lowest BCUT2D eigenvalue weighted by atomic mass is 10.1. The zero-order valence-electron chi connectivity index (χ0n) is 11.6. The maximum atomic E-state index is 13.6. The molecule has 0 unspecified atom stereocenters. The molecule has 0 saturated carbocycles. The summed E-state index contributed by atoms with van der Waals surface area (Å²) in [5.74, 6) is 0.358. The fourth-order valence-corrected chi connectivity index (χ4v) is 1.64. The molecule has 0 heterocycles. The van der Waals surface area contributed by atoms with Crippen molar-refractivity contribution in [3.8, 4) is 5.75 Å². The number of hydrogen-bond donors (Lipinski definition) is 2. The van der Waals surface area contributed by atoms with Gasteiger partial charge in [-0.25, -0.2) is 4.39 Å². The quantitative estimate of drug-likeness (QED) is 0.764. The van der Waals surface area contributed by atoms with Crippen LogP contribution in [0.15, 0.2) is 18.2 Å². The first kappa shape index (κ1) is 14.9. The van der Waals surface area contributed by atoms with Crippen LogP contribution < -0.4 is 15.4 Å². The molecule has 4 heteroatoms. The Labute approximate surface area is 109 Å². The van der Waals surface area contributed by atoms with Crippen LogP contribution >= 0.6 is 0 Å². The van der Waals surface area contributed by atoms with Gasteiger partial charge in [0.05, 0.1) is 7.11 Å². The van der Waals surface area contributed by atoms with Crippen molar-refractivity contribution >= 4 is 0 Å². The molecule has 0 aliphatic rings. The molecule has 0 radical (unpaired) electrons. The first-order chi connectivity index (χ1) is 8.44. The highest BCUT2D eigenvalue weighted by Crippen LogP contribution is 2.20. The third-order valence-electron chi connectivity index (χ3n) is 2.55. The van der Waals surface area contributed by atoms with Crippen molar-refractivity contribution in [3.05, 3.63) is 29.6 Å². The molecule has 1 rings (SSSR count). The monoisotopic (exact) mass is 254 g/mol. The van der Waals surface area contributed by atoms with E-state index in [1.54, 1.807) is 19.2 Å². The van der Waals surface area contributed by atoms with E-state index in [9.17, 15) is 4.39 Å². The second kappa shape index (κ2) is 6.71. The van der Waals surface area contributed by atoms with Crippen LogP contribution in [-0.4, -0.2) is 25.7 Å². The lowest BCUT2D eigenvalue weighted by Crippen LogP contribution is -2.40. The van der Waals surface area contributed by atoms with Crippen LogP contribution in [-0.2, 0) is 6.54 Å². The van der Waals surface area contributed by atoms with Crippen LogP contribution in [0.2, 0.25) is 0 Å². The van der Waals surface area contributed by atoms with Gasteiger partial charge in [0.1, 0.15) is 11.6 Å². The van der Waals surface area contributed by atoms with E-state index in [-0.39, 0.29) is 11.4 Å². The number of rotatable bonds is 6. The second-order valence-electron chi connectivity index (χ2n) is 5.27.